The summed E-state index contributed by atoms with van der Waals surface area (Å²) in [6, 6.07) is 108. The van der Waals surface area contributed by atoms with Gasteiger partial charge in [0.1, 0.15) is 0 Å². The van der Waals surface area contributed by atoms with Crippen molar-refractivity contribution in [3.63, 3.8) is 0 Å². The molecule has 0 saturated heterocycles. The van der Waals surface area contributed by atoms with Crippen molar-refractivity contribution in [2.24, 2.45) is 0 Å². The second-order valence-corrected chi connectivity index (χ2v) is 24.4. The van der Waals surface area contributed by atoms with Crippen molar-refractivity contribution < 1.29 is 0 Å². The lowest BCUT2D eigenvalue weighted by Crippen LogP contribution is -2.26. The molecular formula is C85H46. The second-order valence-electron chi connectivity index (χ2n) is 24.4. The average molecular weight is 1070 g/mol. The Morgan fingerprint density at radius 1 is 0.153 bits per heavy atom. The molecule has 0 aliphatic heterocycles. The van der Waals surface area contributed by atoms with E-state index in [1.54, 1.807) is 0 Å². The lowest BCUT2D eigenvalue weighted by Gasteiger charge is -2.31. The maximum Gasteiger partial charge on any atom is 0.0726 e. The highest BCUT2D eigenvalue weighted by atomic mass is 14.5. The van der Waals surface area contributed by atoms with E-state index < -0.39 is 5.41 Å². The molecule has 21 rings (SSSR count). The molecule has 0 saturated carbocycles. The predicted octanol–water partition coefficient (Wildman–Crippen LogP) is 23.2. The maximum atomic E-state index is 2.59. The maximum absolute atomic E-state index is 2.59. The molecule has 0 amide bonds. The normalized spacial score (nSPS) is 13.5. The van der Waals surface area contributed by atoms with E-state index in [1.165, 1.54) is 207 Å². The highest BCUT2D eigenvalue weighted by Crippen LogP contribution is 2.65. The van der Waals surface area contributed by atoms with Crippen LogP contribution in [0.2, 0.25) is 0 Å². The van der Waals surface area contributed by atoms with Crippen LogP contribution in [-0.4, -0.2) is 0 Å². The molecule has 2 aliphatic carbocycles. The van der Waals surface area contributed by atoms with Gasteiger partial charge in [-0.15, -0.1) is 0 Å². The minimum atomic E-state index is -0.651. The predicted molar refractivity (Wildman–Crippen MR) is 363 cm³/mol. The van der Waals surface area contributed by atoms with Crippen molar-refractivity contribution in [3.05, 3.63) is 301 Å². The fourth-order valence-corrected chi connectivity index (χ4v) is 17.4. The quantitative estimate of drug-likeness (QED) is 0.122. The van der Waals surface area contributed by atoms with Gasteiger partial charge < -0.3 is 0 Å². The van der Waals surface area contributed by atoms with Crippen molar-refractivity contribution >= 4 is 129 Å². The first kappa shape index (κ1) is 44.7. The number of hydrogen-bond acceptors (Lipinski definition) is 0. The van der Waals surface area contributed by atoms with Crippen LogP contribution in [0.25, 0.3) is 185 Å². The zero-order chi connectivity index (χ0) is 55.0. The van der Waals surface area contributed by atoms with Crippen molar-refractivity contribution in [1.82, 2.24) is 0 Å². The van der Waals surface area contributed by atoms with Gasteiger partial charge in [0, 0.05) is 0 Å². The Labute approximate surface area is 488 Å². The molecule has 1 spiro atoms. The van der Waals surface area contributed by atoms with Crippen LogP contribution in [0, 0.1) is 0 Å². The Morgan fingerprint density at radius 2 is 0.400 bits per heavy atom. The van der Waals surface area contributed by atoms with Gasteiger partial charge in [0.2, 0.25) is 0 Å². The van der Waals surface area contributed by atoms with Gasteiger partial charge >= 0.3 is 0 Å². The SMILES string of the molecule is c1ccc2c(c1)-c1ccc(-c3ccc4c5cccc6cccc(c7cccc3c74)c65)cc1C21c2cc(-c3ccc4c5cccc6cccc(c7cccc3c74)c65)ccc2-c2ccc(-c3ccc4c5cccc6cccc(c7cccc3c74)c65)cc21. The monoisotopic (exact) mass is 1070 g/mol. The number of fused-ring (bicyclic) bond motifs is 16. The van der Waals surface area contributed by atoms with E-state index in [2.05, 4.69) is 279 Å². The molecule has 0 unspecified atom stereocenters. The molecule has 386 valence electrons. The summed E-state index contributed by atoms with van der Waals surface area (Å²) in [4.78, 5) is 0. The largest absolute Gasteiger partial charge is 0.0726 e. The molecule has 0 heterocycles. The summed E-state index contributed by atoms with van der Waals surface area (Å²) in [6.07, 6.45) is 0. The summed E-state index contributed by atoms with van der Waals surface area (Å²) < 4.78 is 0. The third kappa shape index (κ3) is 5.46. The van der Waals surface area contributed by atoms with E-state index in [9.17, 15) is 0 Å². The van der Waals surface area contributed by atoms with E-state index in [-0.39, 0.29) is 0 Å². The molecule has 0 aromatic heterocycles. The number of hydrogen-bond donors (Lipinski definition) is 0. The fourth-order valence-electron chi connectivity index (χ4n) is 17.4. The highest BCUT2D eigenvalue weighted by Gasteiger charge is 2.52. The molecule has 0 atom stereocenters. The molecule has 0 heteroatoms. The van der Waals surface area contributed by atoms with Gasteiger partial charge in [-0.3, -0.25) is 0 Å². The third-order valence-corrected chi connectivity index (χ3v) is 20.7. The van der Waals surface area contributed by atoms with E-state index in [4.69, 9.17) is 0 Å². The summed E-state index contributed by atoms with van der Waals surface area (Å²) in [5.74, 6) is 0. The lowest BCUT2D eigenvalue weighted by atomic mass is 9.69. The molecule has 2 aliphatic rings. The van der Waals surface area contributed by atoms with E-state index >= 15 is 0 Å². The van der Waals surface area contributed by atoms with Gasteiger partial charge in [-0.1, -0.05) is 261 Å². The first-order valence-electron chi connectivity index (χ1n) is 30.0. The van der Waals surface area contributed by atoms with Crippen LogP contribution < -0.4 is 0 Å². The smallest absolute Gasteiger partial charge is 0.0619 e. The lowest BCUT2D eigenvalue weighted by molar-refractivity contribution is 0.794. The standard InChI is InChI=1S/C85H46/c1-2-31-75-56(18-1)57-35-32-50(53-38-41-72-66-22-6-15-47-12-3-19-63(79(47)66)69-28-9-25-60(53)82(69)72)44-76(57)85(75)77-45-51(54-39-42-73-67-23-7-16-48-13-4-20-64(80(48)67)70-29-10-26-61(54)83(70)73)33-36-58(77)59-37-34-52(46-78(59)85)55-40-43-74-68-24-8-17-49-14-5-21-65(81(49)68)71-30-11-27-62(55)84(71)74/h1-46H. The molecule has 0 nitrogen and oxygen atoms in total. The number of rotatable bonds is 3. The van der Waals surface area contributed by atoms with Crippen LogP contribution in [-0.2, 0) is 5.41 Å². The first-order chi connectivity index (χ1) is 42.2. The van der Waals surface area contributed by atoms with Gasteiger partial charge in [0.25, 0.3) is 0 Å². The summed E-state index contributed by atoms with van der Waals surface area (Å²) in [5.41, 5.74) is 17.3. The van der Waals surface area contributed by atoms with Crippen molar-refractivity contribution in [2.45, 2.75) is 5.41 Å². The van der Waals surface area contributed by atoms with Gasteiger partial charge in [0.05, 0.1) is 5.41 Å². The minimum Gasteiger partial charge on any atom is -0.0619 e. The average Bonchev–Trinajstić information content (AvgIpc) is 1.58. The Kier molecular flexibility index (Phi) is 8.30. The molecule has 0 radical (unpaired) electrons. The molecule has 0 fully saturated rings. The van der Waals surface area contributed by atoms with Crippen molar-refractivity contribution in [3.8, 4) is 55.6 Å². The van der Waals surface area contributed by atoms with Crippen molar-refractivity contribution in [2.75, 3.05) is 0 Å². The zero-order valence-electron chi connectivity index (χ0n) is 46.1. The minimum absolute atomic E-state index is 0.651. The third-order valence-electron chi connectivity index (χ3n) is 20.7. The summed E-state index contributed by atoms with van der Waals surface area (Å²) >= 11 is 0. The van der Waals surface area contributed by atoms with E-state index in [1.807, 2.05) is 0 Å². The van der Waals surface area contributed by atoms with E-state index in [0.717, 1.165) is 0 Å². The Morgan fingerprint density at radius 3 is 0.729 bits per heavy atom. The molecule has 85 heavy (non-hydrogen) atoms. The Hall–Kier alpha value is -10.9. The fraction of sp³-hybridized carbons (Fsp3) is 0.0118. The Bertz CT molecular complexity index is 5540. The van der Waals surface area contributed by atoms with Crippen LogP contribution in [0.15, 0.2) is 279 Å². The summed E-state index contributed by atoms with van der Waals surface area (Å²) in [7, 11) is 0. The zero-order valence-corrected chi connectivity index (χ0v) is 46.1. The van der Waals surface area contributed by atoms with Gasteiger partial charge in [-0.25, -0.2) is 0 Å². The molecule has 19 aromatic rings. The topological polar surface area (TPSA) is 0 Å². The van der Waals surface area contributed by atoms with Gasteiger partial charge in [-0.2, -0.15) is 0 Å². The summed E-state index contributed by atoms with van der Waals surface area (Å²) in [6.45, 7) is 0. The summed E-state index contributed by atoms with van der Waals surface area (Å²) in [5, 5.41) is 31.5. The van der Waals surface area contributed by atoms with Crippen LogP contribution in [0.5, 0.6) is 0 Å². The first-order valence-corrected chi connectivity index (χ1v) is 30.0. The van der Waals surface area contributed by atoms with Gasteiger partial charge in [-0.05, 0) is 225 Å². The van der Waals surface area contributed by atoms with Gasteiger partial charge in [0.15, 0.2) is 0 Å². The highest BCUT2D eigenvalue weighted by molar-refractivity contribution is 6.37. The molecule has 0 bridgehead atoms. The van der Waals surface area contributed by atoms with Crippen molar-refractivity contribution in [1.29, 1.82) is 0 Å². The van der Waals surface area contributed by atoms with Crippen LogP contribution in [0.3, 0.4) is 0 Å². The van der Waals surface area contributed by atoms with E-state index in [0.29, 0.717) is 0 Å². The van der Waals surface area contributed by atoms with Crippen LogP contribution in [0.1, 0.15) is 22.3 Å². The molecule has 19 aromatic carbocycles. The van der Waals surface area contributed by atoms with Crippen LogP contribution in [0.4, 0.5) is 0 Å². The Balaban J connectivity index is 0.843. The number of benzene rings is 19. The van der Waals surface area contributed by atoms with Crippen LogP contribution >= 0.6 is 0 Å². The molecule has 0 N–H and O–H groups in total. The molecular weight excluding hydrogens is 1020 g/mol. The second kappa shape index (κ2) is 15.8.